The van der Waals surface area contributed by atoms with Crippen molar-refractivity contribution in [2.24, 2.45) is 23.2 Å². The highest BCUT2D eigenvalue weighted by Crippen LogP contribution is 2.59. The number of aromatic nitrogens is 4. The van der Waals surface area contributed by atoms with Gasteiger partial charge in [-0.3, -0.25) is 14.9 Å². The standard InChI is InChI=1S/C49H56F2N8O6/c1-24(2)39(56-46(62)64-5)44(60)58-23-48(15-16-48)21-38(58)42-52-22-37(55-42)28-9-13-32-31-12-8-26(18-33(31)49(50,51)34(32)19-28)27-10-14-35-36(20-27)54-43(53-35)41-29-7-11-30(17-29)59(41)45(61)40(25(3)4)57-47(63)65-6/h8-10,12-14,18-20,22,24-25,29-30,38-41,46,56,62H,7,11,15-17,21,23H2,1-6H3,(H,52,55)(H,53,54)(H,57,63)/t29-,30+,38-,39-,40-,41-,46?/m0/s1. The summed E-state index contributed by atoms with van der Waals surface area (Å²) in [6, 6.07) is 14.0. The molecule has 2 aromatic heterocycles. The second kappa shape index (κ2) is 16.0. The minimum absolute atomic E-state index is 0.0326. The van der Waals surface area contributed by atoms with E-state index in [0.717, 1.165) is 49.6 Å². The largest absolute Gasteiger partial charge is 0.453 e. The number of amides is 3. The molecular weight excluding hydrogens is 835 g/mol. The lowest BCUT2D eigenvalue weighted by molar-refractivity contribution is -0.145. The number of aromatic amines is 2. The molecule has 2 saturated carbocycles. The Balaban J connectivity index is 0.895. The fourth-order valence-corrected chi connectivity index (χ4v) is 11.1. The molecule has 3 amide bonds. The maximum Gasteiger partial charge on any atom is 0.407 e. The van der Waals surface area contributed by atoms with E-state index in [1.165, 1.54) is 20.3 Å². The Morgan fingerprint density at radius 3 is 2.22 bits per heavy atom. The minimum atomic E-state index is -3.28. The number of hydrogen-bond donors (Lipinski definition) is 5. The number of imidazole rings is 2. The van der Waals surface area contributed by atoms with E-state index in [1.54, 1.807) is 24.4 Å². The maximum absolute atomic E-state index is 16.7. The van der Waals surface area contributed by atoms with Crippen LogP contribution in [0.4, 0.5) is 13.6 Å². The lowest BCUT2D eigenvalue weighted by Crippen LogP contribution is -2.54. The number of alkyl halides is 2. The predicted octanol–water partition coefficient (Wildman–Crippen LogP) is 7.76. The van der Waals surface area contributed by atoms with Crippen LogP contribution in [0.2, 0.25) is 0 Å². The number of carbonyl (C=O) groups excluding carboxylic acids is 3. The first-order valence-electron chi connectivity index (χ1n) is 22.8. The highest BCUT2D eigenvalue weighted by atomic mass is 19.3. The summed E-state index contributed by atoms with van der Waals surface area (Å²) in [6.07, 6.45) is 5.21. The summed E-state index contributed by atoms with van der Waals surface area (Å²) < 4.78 is 43.2. The number of rotatable bonds is 12. The lowest BCUT2D eigenvalue weighted by Gasteiger charge is -2.37. The first-order valence-corrected chi connectivity index (χ1v) is 22.8. The molecule has 7 atom stereocenters. The minimum Gasteiger partial charge on any atom is -0.453 e. The molecule has 5 N–H and O–H groups in total. The lowest BCUT2D eigenvalue weighted by atomic mass is 9.95. The van der Waals surface area contributed by atoms with Crippen molar-refractivity contribution >= 4 is 28.9 Å². The fourth-order valence-electron chi connectivity index (χ4n) is 11.1. The first kappa shape index (κ1) is 43.2. The third-order valence-electron chi connectivity index (χ3n) is 14.8. The summed E-state index contributed by atoms with van der Waals surface area (Å²) in [5.41, 5.74) is 4.77. The molecule has 5 aromatic rings. The van der Waals surface area contributed by atoms with Crippen LogP contribution in [0.25, 0.3) is 44.5 Å². The summed E-state index contributed by atoms with van der Waals surface area (Å²) in [4.78, 5) is 60.6. The van der Waals surface area contributed by atoms with Crippen LogP contribution >= 0.6 is 0 Å². The quantitative estimate of drug-likeness (QED) is 0.0784. The van der Waals surface area contributed by atoms with Gasteiger partial charge in [0.15, 0.2) is 0 Å². The molecule has 4 heterocycles. The second-order valence-corrected chi connectivity index (χ2v) is 19.6. The highest BCUT2D eigenvalue weighted by Gasteiger charge is 2.56. The Hall–Kier alpha value is -5.71. The number of halogens is 2. The van der Waals surface area contributed by atoms with Gasteiger partial charge in [-0.05, 0) is 108 Å². The van der Waals surface area contributed by atoms with Crippen molar-refractivity contribution in [3.8, 4) is 33.5 Å². The normalized spacial score (nSPS) is 23.6. The van der Waals surface area contributed by atoms with Gasteiger partial charge in [0.25, 0.3) is 5.92 Å². The van der Waals surface area contributed by atoms with Gasteiger partial charge in [-0.2, -0.15) is 8.78 Å². The molecule has 4 fully saturated rings. The van der Waals surface area contributed by atoms with E-state index in [4.69, 9.17) is 19.4 Å². The molecule has 16 heteroatoms. The number of benzene rings is 3. The van der Waals surface area contributed by atoms with Gasteiger partial charge in [0.05, 0.1) is 48.2 Å². The van der Waals surface area contributed by atoms with Gasteiger partial charge in [-0.25, -0.2) is 14.8 Å². The zero-order valence-electron chi connectivity index (χ0n) is 37.5. The number of aliphatic hydroxyl groups excluding tert-OH is 1. The zero-order chi connectivity index (χ0) is 45.7. The second-order valence-electron chi connectivity index (χ2n) is 19.6. The Labute approximate surface area is 375 Å². The van der Waals surface area contributed by atoms with Crippen molar-refractivity contribution in [3.05, 3.63) is 83.6 Å². The van der Waals surface area contributed by atoms with Gasteiger partial charge in [0, 0.05) is 36.4 Å². The Bertz CT molecular complexity index is 2690. The number of alkyl carbamates (subject to hydrolysis) is 1. The molecule has 1 unspecified atom stereocenters. The molecule has 3 aromatic carbocycles. The number of aliphatic hydroxyl groups is 1. The summed E-state index contributed by atoms with van der Waals surface area (Å²) in [5, 5.41) is 15.8. The van der Waals surface area contributed by atoms with Crippen molar-refractivity contribution in [1.82, 2.24) is 40.4 Å². The van der Waals surface area contributed by atoms with Gasteiger partial charge in [-0.1, -0.05) is 58.0 Å². The van der Waals surface area contributed by atoms with Gasteiger partial charge >= 0.3 is 6.09 Å². The van der Waals surface area contributed by atoms with Crippen molar-refractivity contribution in [2.45, 2.75) is 109 Å². The molecule has 342 valence electrons. The molecule has 5 aliphatic rings. The number of carbonyl (C=O) groups is 3. The third kappa shape index (κ3) is 7.37. The summed E-state index contributed by atoms with van der Waals surface area (Å²) in [7, 11) is 2.64. The van der Waals surface area contributed by atoms with Crippen LogP contribution in [0.3, 0.4) is 0 Å². The predicted molar refractivity (Wildman–Crippen MR) is 238 cm³/mol. The van der Waals surface area contributed by atoms with Crippen LogP contribution < -0.4 is 10.6 Å². The van der Waals surface area contributed by atoms with E-state index in [0.29, 0.717) is 51.7 Å². The molecular formula is C49H56F2N8O6. The van der Waals surface area contributed by atoms with Crippen molar-refractivity contribution in [1.29, 1.82) is 0 Å². The topological polar surface area (TPSA) is 178 Å². The van der Waals surface area contributed by atoms with Crippen molar-refractivity contribution in [3.63, 3.8) is 0 Å². The van der Waals surface area contributed by atoms with E-state index in [-0.39, 0.29) is 64.2 Å². The number of hydrogen-bond acceptors (Lipinski definition) is 9. The molecule has 65 heavy (non-hydrogen) atoms. The molecule has 2 aliphatic heterocycles. The molecule has 10 rings (SSSR count). The van der Waals surface area contributed by atoms with Crippen LogP contribution in [0.1, 0.15) is 101 Å². The van der Waals surface area contributed by atoms with Gasteiger partial charge < -0.3 is 39.7 Å². The van der Waals surface area contributed by atoms with Crippen LogP contribution in [-0.2, 0) is 25.0 Å². The highest BCUT2D eigenvalue weighted by molar-refractivity contribution is 5.89. The Kier molecular flexibility index (Phi) is 10.6. The number of H-pyrrole nitrogens is 2. The summed E-state index contributed by atoms with van der Waals surface area (Å²) >= 11 is 0. The number of piperidine rings is 1. The maximum atomic E-state index is 16.7. The molecule has 2 saturated heterocycles. The molecule has 14 nitrogen and oxygen atoms in total. The van der Waals surface area contributed by atoms with Gasteiger partial charge in [0.1, 0.15) is 17.7 Å². The molecule has 3 aliphatic carbocycles. The van der Waals surface area contributed by atoms with Crippen LogP contribution in [0.15, 0.2) is 60.8 Å². The van der Waals surface area contributed by atoms with Crippen LogP contribution in [0.5, 0.6) is 0 Å². The number of nitrogens with zero attached hydrogens (tertiary/aromatic N) is 4. The van der Waals surface area contributed by atoms with E-state index < -0.39 is 30.5 Å². The number of fused-ring (bicyclic) bond motifs is 6. The summed E-state index contributed by atoms with van der Waals surface area (Å²) in [5.74, 6) is -2.37. The zero-order valence-corrected chi connectivity index (χ0v) is 37.5. The van der Waals surface area contributed by atoms with Crippen LogP contribution in [0, 0.1) is 23.2 Å². The van der Waals surface area contributed by atoms with Crippen LogP contribution in [-0.4, -0.2) is 98.1 Å². The van der Waals surface area contributed by atoms with E-state index in [1.807, 2.05) is 67.8 Å². The number of ether oxygens (including phenoxy) is 2. The average molecular weight is 891 g/mol. The summed E-state index contributed by atoms with van der Waals surface area (Å²) in [6.45, 7) is 8.20. The average Bonchev–Trinajstić information content (AvgIpc) is 3.95. The number of methoxy groups -OCH3 is 2. The number of nitrogens with one attached hydrogen (secondary N) is 4. The molecule has 0 radical (unpaired) electrons. The number of likely N-dealkylation sites (tertiary alicyclic amines) is 2. The SMILES string of the molecule is COC(=O)N[C@H](C(=O)N1[C@@H]2CC[C@@H](C2)[C@H]1c1nc2ccc(-c3ccc4c(c3)C(F)(F)c3cc(-c5cnc([C@@H]6CC7(CC7)CN6C(=O)[C@@H](NC(O)OC)C(C)C)[nH]5)ccc3-4)cc2[nH]1)C(C)C. The van der Waals surface area contributed by atoms with E-state index in [9.17, 15) is 19.5 Å². The monoisotopic (exact) mass is 890 g/mol. The third-order valence-corrected chi connectivity index (χ3v) is 14.8. The van der Waals surface area contributed by atoms with E-state index >= 15 is 8.78 Å². The van der Waals surface area contributed by atoms with Crippen molar-refractivity contribution < 1.29 is 37.7 Å². The van der Waals surface area contributed by atoms with Gasteiger partial charge in [0.2, 0.25) is 18.2 Å². The van der Waals surface area contributed by atoms with Gasteiger partial charge in [-0.15, -0.1) is 0 Å². The first-order chi connectivity index (χ1) is 31.1. The smallest absolute Gasteiger partial charge is 0.407 e. The Morgan fingerprint density at radius 1 is 0.862 bits per heavy atom. The fraction of sp³-hybridized carbons (Fsp3) is 0.490. The molecule has 1 spiro atoms. The molecule has 2 bridgehead atoms. The van der Waals surface area contributed by atoms with Crippen molar-refractivity contribution in [2.75, 3.05) is 20.8 Å². The van der Waals surface area contributed by atoms with E-state index in [2.05, 4.69) is 20.6 Å². The Morgan fingerprint density at radius 2 is 1.54 bits per heavy atom.